The van der Waals surface area contributed by atoms with Crippen molar-refractivity contribution in [2.24, 2.45) is 0 Å². The van der Waals surface area contributed by atoms with Crippen LogP contribution in [-0.4, -0.2) is 23.3 Å². The predicted molar refractivity (Wildman–Crippen MR) is 104 cm³/mol. The molecule has 0 aliphatic heterocycles. The molecule has 1 heterocycles. The predicted octanol–water partition coefficient (Wildman–Crippen LogP) is 4.52. The van der Waals surface area contributed by atoms with Gasteiger partial charge in [-0.05, 0) is 36.4 Å². The second-order valence-corrected chi connectivity index (χ2v) is 6.65. The molecular weight excluding hydrogens is 370 g/mol. The lowest BCUT2D eigenvalue weighted by atomic mass is 10.2. The van der Waals surface area contributed by atoms with Gasteiger partial charge < -0.3 is 10.1 Å². The van der Waals surface area contributed by atoms with Gasteiger partial charge in [-0.25, -0.2) is 0 Å². The van der Waals surface area contributed by atoms with Crippen LogP contribution in [0, 0.1) is 11.3 Å². The van der Waals surface area contributed by atoms with Gasteiger partial charge >= 0.3 is 0 Å². The minimum Gasteiger partial charge on any atom is -0.481 e. The van der Waals surface area contributed by atoms with Gasteiger partial charge in [0.25, 0.3) is 5.91 Å². The molecule has 5 nitrogen and oxygen atoms in total. The molecule has 0 aliphatic carbocycles. The fraction of sp³-hybridized carbons (Fsp3) is 0.105. The highest BCUT2D eigenvalue weighted by molar-refractivity contribution is 7.99. The van der Waals surface area contributed by atoms with Gasteiger partial charge in [-0.3, -0.25) is 9.78 Å². The second kappa shape index (κ2) is 8.56. The Balaban J connectivity index is 1.69. The van der Waals surface area contributed by atoms with Crippen LogP contribution >= 0.6 is 23.4 Å². The van der Waals surface area contributed by atoms with Crippen molar-refractivity contribution < 1.29 is 9.53 Å². The van der Waals surface area contributed by atoms with Crippen molar-refractivity contribution in [3.63, 3.8) is 0 Å². The summed E-state index contributed by atoms with van der Waals surface area (Å²) in [5.74, 6) is 0.507. The van der Waals surface area contributed by atoms with Crippen molar-refractivity contribution in [3.8, 4) is 11.8 Å². The van der Waals surface area contributed by atoms with E-state index in [1.165, 1.54) is 11.8 Å². The minimum absolute atomic E-state index is 0.162. The Hall–Kier alpha value is -2.75. The van der Waals surface area contributed by atoms with Crippen LogP contribution in [0.4, 0.5) is 5.69 Å². The fourth-order valence-electron chi connectivity index (χ4n) is 2.36. The summed E-state index contributed by atoms with van der Waals surface area (Å²) >= 11 is 7.52. The number of hydrogen-bond donors (Lipinski definition) is 1. The number of carbonyl (C=O) groups excluding carboxylic acids is 1. The Bertz CT molecular complexity index is 988. The first-order chi connectivity index (χ1) is 12.7. The Morgan fingerprint density at radius 3 is 2.92 bits per heavy atom. The van der Waals surface area contributed by atoms with E-state index in [-0.39, 0.29) is 12.5 Å². The van der Waals surface area contributed by atoms with E-state index >= 15 is 0 Å². The summed E-state index contributed by atoms with van der Waals surface area (Å²) in [6.07, 6.45) is 1.65. The van der Waals surface area contributed by atoms with Gasteiger partial charge in [0.15, 0.2) is 6.61 Å². The van der Waals surface area contributed by atoms with Crippen molar-refractivity contribution in [2.45, 2.75) is 4.90 Å². The average molecular weight is 384 g/mol. The number of halogens is 1. The summed E-state index contributed by atoms with van der Waals surface area (Å²) in [5.41, 5.74) is 1.26. The number of carbonyl (C=O) groups is 1. The number of pyridine rings is 1. The van der Waals surface area contributed by atoms with Crippen LogP contribution < -0.4 is 10.1 Å². The Morgan fingerprint density at radius 1 is 1.23 bits per heavy atom. The molecule has 0 atom stereocenters. The molecule has 0 fully saturated rings. The Kier molecular flexibility index (Phi) is 5.95. The largest absolute Gasteiger partial charge is 0.481 e. The van der Waals surface area contributed by atoms with Crippen molar-refractivity contribution in [1.82, 2.24) is 4.98 Å². The van der Waals surface area contributed by atoms with Gasteiger partial charge in [0, 0.05) is 16.5 Å². The molecule has 1 N–H and O–H groups in total. The van der Waals surface area contributed by atoms with E-state index in [9.17, 15) is 4.79 Å². The van der Waals surface area contributed by atoms with Crippen LogP contribution in [0.15, 0.2) is 59.6 Å². The lowest BCUT2D eigenvalue weighted by Crippen LogP contribution is -2.20. The molecule has 0 saturated carbocycles. The molecule has 7 heteroatoms. The molecule has 1 amide bonds. The number of thioether (sulfide) groups is 1. The molecule has 3 rings (SSSR count). The van der Waals surface area contributed by atoms with Gasteiger partial charge in [0.2, 0.25) is 0 Å². The maximum absolute atomic E-state index is 12.3. The molecule has 130 valence electrons. The maximum atomic E-state index is 12.3. The molecule has 0 unspecified atom stereocenters. The van der Waals surface area contributed by atoms with Crippen LogP contribution in [0.5, 0.6) is 5.75 Å². The van der Waals surface area contributed by atoms with Gasteiger partial charge in [-0.15, -0.1) is 11.8 Å². The third-order valence-electron chi connectivity index (χ3n) is 3.49. The van der Waals surface area contributed by atoms with Crippen molar-refractivity contribution in [3.05, 3.63) is 59.8 Å². The minimum atomic E-state index is -0.297. The topological polar surface area (TPSA) is 75.0 Å². The fourth-order valence-corrected chi connectivity index (χ4v) is 3.25. The van der Waals surface area contributed by atoms with Crippen LogP contribution in [0.1, 0.15) is 0 Å². The zero-order chi connectivity index (χ0) is 18.4. The zero-order valence-corrected chi connectivity index (χ0v) is 15.2. The molecule has 0 spiro atoms. The number of nitrogens with one attached hydrogen (secondary N) is 1. The van der Waals surface area contributed by atoms with Gasteiger partial charge in [-0.2, -0.15) is 5.26 Å². The van der Waals surface area contributed by atoms with Gasteiger partial charge in [0.05, 0.1) is 22.5 Å². The number of para-hydroxylation sites is 1. The van der Waals surface area contributed by atoms with Crippen LogP contribution in [0.3, 0.4) is 0 Å². The summed E-state index contributed by atoms with van der Waals surface area (Å²) in [5, 5.41) is 12.9. The van der Waals surface area contributed by atoms with Gasteiger partial charge in [0.1, 0.15) is 11.3 Å². The molecule has 0 saturated heterocycles. The van der Waals surface area contributed by atoms with E-state index in [1.807, 2.05) is 24.3 Å². The summed E-state index contributed by atoms with van der Waals surface area (Å²) in [6, 6.07) is 16.4. The number of hydrogen-bond acceptors (Lipinski definition) is 5. The average Bonchev–Trinajstić information content (AvgIpc) is 2.67. The van der Waals surface area contributed by atoms with E-state index in [4.69, 9.17) is 21.6 Å². The van der Waals surface area contributed by atoms with E-state index < -0.39 is 0 Å². The summed E-state index contributed by atoms with van der Waals surface area (Å²) in [4.78, 5) is 17.4. The second-order valence-electron chi connectivity index (χ2n) is 5.22. The number of nitrogens with zero attached hydrogens (tertiary/aromatic N) is 2. The lowest BCUT2D eigenvalue weighted by Gasteiger charge is -2.12. The highest BCUT2D eigenvalue weighted by Gasteiger charge is 2.11. The van der Waals surface area contributed by atoms with E-state index in [0.717, 1.165) is 10.3 Å². The Labute approximate surface area is 159 Å². The molecule has 2 aromatic carbocycles. The van der Waals surface area contributed by atoms with E-state index in [1.54, 1.807) is 30.5 Å². The third-order valence-corrected chi connectivity index (χ3v) is 4.76. The first-order valence-electron chi connectivity index (χ1n) is 7.73. The molecule has 0 aliphatic rings. The first-order valence-corrected chi connectivity index (χ1v) is 9.10. The van der Waals surface area contributed by atoms with Crippen LogP contribution in [0.25, 0.3) is 10.9 Å². The monoisotopic (exact) mass is 383 g/mol. The van der Waals surface area contributed by atoms with Crippen LogP contribution in [-0.2, 0) is 4.79 Å². The quantitative estimate of drug-likeness (QED) is 0.633. The summed E-state index contributed by atoms with van der Waals surface area (Å²) < 4.78 is 5.64. The van der Waals surface area contributed by atoms with Gasteiger partial charge in [-0.1, -0.05) is 23.7 Å². The highest BCUT2D eigenvalue weighted by atomic mass is 35.5. The summed E-state index contributed by atoms with van der Waals surface area (Å²) in [6.45, 7) is -0.162. The van der Waals surface area contributed by atoms with Crippen molar-refractivity contribution in [1.29, 1.82) is 5.26 Å². The number of rotatable bonds is 6. The van der Waals surface area contributed by atoms with E-state index in [2.05, 4.69) is 16.4 Å². The number of fused-ring (bicyclic) bond motifs is 1. The third kappa shape index (κ3) is 4.26. The molecular formula is C19H14ClN3O2S. The van der Waals surface area contributed by atoms with E-state index in [0.29, 0.717) is 27.7 Å². The molecule has 0 radical (unpaired) electrons. The van der Waals surface area contributed by atoms with Crippen molar-refractivity contribution in [2.75, 3.05) is 17.7 Å². The molecule has 0 bridgehead atoms. The number of aromatic nitrogens is 1. The highest BCUT2D eigenvalue weighted by Crippen LogP contribution is 2.30. The first kappa shape index (κ1) is 18.1. The van der Waals surface area contributed by atoms with Crippen molar-refractivity contribution >= 4 is 45.9 Å². The number of ether oxygens (including phenoxy) is 1. The standard InChI is InChI=1S/C19H14ClN3O2S/c20-14-7-8-16(19-13(14)4-3-10-22-19)25-12-18(24)23-15-5-1-2-6-17(15)26-11-9-21/h1-8,10H,11-12H2,(H,23,24). The SMILES string of the molecule is N#CCSc1ccccc1NC(=O)COc1ccc(Cl)c2cccnc12. The number of nitriles is 1. The Morgan fingerprint density at radius 2 is 2.08 bits per heavy atom. The summed E-state index contributed by atoms with van der Waals surface area (Å²) in [7, 11) is 0. The number of anilines is 1. The van der Waals surface area contributed by atoms with Crippen LogP contribution in [0.2, 0.25) is 5.02 Å². The number of amides is 1. The zero-order valence-electron chi connectivity index (χ0n) is 13.6. The maximum Gasteiger partial charge on any atom is 0.262 e. The smallest absolute Gasteiger partial charge is 0.262 e. The molecule has 26 heavy (non-hydrogen) atoms. The lowest BCUT2D eigenvalue weighted by molar-refractivity contribution is -0.118. The molecule has 3 aromatic rings. The molecule has 1 aromatic heterocycles. The number of benzene rings is 2. The normalized spacial score (nSPS) is 10.3.